The van der Waals surface area contributed by atoms with Gasteiger partial charge in [-0.25, -0.2) is 14.4 Å². The molecule has 6 N–H and O–H groups in total. The maximum Gasteiger partial charge on any atom is 0.339 e. The van der Waals surface area contributed by atoms with Crippen LogP contribution in [0.4, 0.5) is 37.4 Å². The van der Waals surface area contributed by atoms with Gasteiger partial charge in [-0.05, 0) is 134 Å². The van der Waals surface area contributed by atoms with Crippen LogP contribution in [-0.2, 0) is 16.7 Å². The molecule has 0 bridgehead atoms. The largest absolute Gasteiger partial charge is 0.379 e. The van der Waals surface area contributed by atoms with Crippen molar-refractivity contribution in [1.82, 2.24) is 19.9 Å². The highest BCUT2D eigenvalue weighted by atomic mass is 32.2. The predicted molar refractivity (Wildman–Crippen MR) is 271 cm³/mol. The molecule has 0 saturated heterocycles. The van der Waals surface area contributed by atoms with Crippen LogP contribution >= 0.6 is 22.7 Å². The number of rotatable bonds is 14. The number of halogens is 1. The van der Waals surface area contributed by atoms with Gasteiger partial charge in [-0.1, -0.05) is 30.3 Å². The summed E-state index contributed by atoms with van der Waals surface area (Å²) in [6, 6.07) is 36.3. The second-order valence-electron chi connectivity index (χ2n) is 15.2. The minimum atomic E-state index is -4.22. The normalized spacial score (nSPS) is 10.9. The molecule has 0 radical (unpaired) electrons. The minimum Gasteiger partial charge on any atom is -0.379 e. The molecule has 9 aromatic rings. The second-order valence-corrected chi connectivity index (χ2v) is 18.5. The number of carbonyl (C=O) groups is 2. The van der Waals surface area contributed by atoms with Crippen molar-refractivity contribution in [2.45, 2.75) is 25.3 Å². The molecule has 0 saturated carbocycles. The summed E-state index contributed by atoms with van der Waals surface area (Å²) >= 11 is 2.98. The lowest BCUT2D eigenvalue weighted by Crippen LogP contribution is -2.13. The van der Waals surface area contributed by atoms with Gasteiger partial charge in [0.1, 0.15) is 16.5 Å². The fourth-order valence-corrected chi connectivity index (χ4v) is 8.94. The summed E-state index contributed by atoms with van der Waals surface area (Å²) < 4.78 is 43.3. The molecule has 14 nitrogen and oxygen atoms in total. The molecule has 5 aromatic carbocycles. The maximum atomic E-state index is 13.4. The van der Waals surface area contributed by atoms with Gasteiger partial charge >= 0.3 is 10.1 Å². The van der Waals surface area contributed by atoms with Gasteiger partial charge in [0.25, 0.3) is 11.8 Å². The van der Waals surface area contributed by atoms with Crippen LogP contribution in [0.1, 0.15) is 37.4 Å². The molecule has 346 valence electrons. The van der Waals surface area contributed by atoms with Crippen LogP contribution in [0.15, 0.2) is 174 Å². The zero-order valence-electron chi connectivity index (χ0n) is 36.9. The fourth-order valence-electron chi connectivity index (χ4n) is 6.51. The third-order valence-electron chi connectivity index (χ3n) is 10.3. The first-order valence-electron chi connectivity index (χ1n) is 21.1. The first-order chi connectivity index (χ1) is 33.4. The van der Waals surface area contributed by atoms with E-state index in [1.807, 2.05) is 85.3 Å². The van der Waals surface area contributed by atoms with Crippen molar-refractivity contribution >= 4 is 77.6 Å². The third kappa shape index (κ3) is 12.4. The number of hydrogen-bond donors (Lipinski definition) is 5. The molecular formula is C51H42FN9O5S3. The van der Waals surface area contributed by atoms with Gasteiger partial charge in [-0.15, -0.1) is 22.7 Å². The highest BCUT2D eigenvalue weighted by molar-refractivity contribution is 7.87. The van der Waals surface area contributed by atoms with Gasteiger partial charge in [0, 0.05) is 87.1 Å². The summed E-state index contributed by atoms with van der Waals surface area (Å²) in [5.41, 5.74) is 16.0. The Morgan fingerprint density at radius 3 is 1.61 bits per heavy atom. The van der Waals surface area contributed by atoms with E-state index in [1.54, 1.807) is 49.1 Å². The molecule has 2 amide bonds. The first kappa shape index (κ1) is 47.3. The molecule has 0 aliphatic heterocycles. The van der Waals surface area contributed by atoms with Crippen LogP contribution in [0.5, 0.6) is 5.75 Å². The number of pyridine rings is 2. The van der Waals surface area contributed by atoms with E-state index in [2.05, 4.69) is 41.2 Å². The van der Waals surface area contributed by atoms with Crippen LogP contribution in [0.3, 0.4) is 0 Å². The van der Waals surface area contributed by atoms with Crippen LogP contribution < -0.4 is 31.2 Å². The van der Waals surface area contributed by atoms with E-state index >= 15 is 0 Å². The van der Waals surface area contributed by atoms with Crippen LogP contribution in [0.25, 0.3) is 22.5 Å². The molecule has 4 heterocycles. The number of nitrogens with zero attached hydrogens (tertiary/aromatic N) is 4. The Labute approximate surface area is 405 Å². The number of amides is 2. The molecule has 18 heteroatoms. The minimum absolute atomic E-state index is 0.00765. The van der Waals surface area contributed by atoms with E-state index in [9.17, 15) is 22.4 Å². The highest BCUT2D eigenvalue weighted by Crippen LogP contribution is 2.32. The molecule has 0 aliphatic carbocycles. The number of nitrogens with one attached hydrogen (secondary N) is 4. The molecule has 0 spiro atoms. The topological polar surface area (TPSA) is 203 Å². The predicted octanol–water partition coefficient (Wildman–Crippen LogP) is 11.4. The standard InChI is InChI=1S/C28H21FN4O4S2.C23H21N5OS/c1-18-7-10-22(15-25(18)32-28-33-26(17-38-28)20-4-3-13-30-16-20)31-27(34)19-8-11-23(12-9-19)37-39(35,36)24-6-2-5-21(29)14-24;1-15-4-9-19(26-22(29)17-7-5-16(12-24)6-8-17)11-20(15)27-23-28-21(14-30-23)18-3-2-10-25-13-18/h2-17H,1H3,(H,31,34)(H,32,33);2-11,13-14H,12,24H2,1H3,(H,26,29)(H,27,28). The Hall–Kier alpha value is -8.16. The Morgan fingerprint density at radius 2 is 1.14 bits per heavy atom. The van der Waals surface area contributed by atoms with Gasteiger partial charge in [0.2, 0.25) is 0 Å². The van der Waals surface area contributed by atoms with Crippen molar-refractivity contribution in [2.75, 3.05) is 21.3 Å². The van der Waals surface area contributed by atoms with Crippen LogP contribution in [0, 0.1) is 19.7 Å². The summed E-state index contributed by atoms with van der Waals surface area (Å²) in [6.45, 7) is 4.41. The number of aryl methyl sites for hydroxylation is 2. The van der Waals surface area contributed by atoms with Crippen molar-refractivity contribution in [3.8, 4) is 28.3 Å². The summed E-state index contributed by atoms with van der Waals surface area (Å²) in [5, 5.41) is 17.8. The monoisotopic (exact) mass is 975 g/mol. The number of carbonyl (C=O) groups excluding carboxylic acids is 2. The van der Waals surface area contributed by atoms with Crippen molar-refractivity contribution in [1.29, 1.82) is 0 Å². The zero-order chi connectivity index (χ0) is 48.3. The van der Waals surface area contributed by atoms with Crippen LogP contribution in [0.2, 0.25) is 0 Å². The number of thiazole rings is 2. The average molecular weight is 976 g/mol. The summed E-state index contributed by atoms with van der Waals surface area (Å²) in [5.74, 6) is -1.26. The van der Waals surface area contributed by atoms with Crippen LogP contribution in [-0.4, -0.2) is 40.2 Å². The Bertz CT molecular complexity index is 3340. The number of aromatic nitrogens is 4. The summed E-state index contributed by atoms with van der Waals surface area (Å²) in [4.78, 5) is 42.6. The average Bonchev–Trinajstić information content (AvgIpc) is 4.05. The lowest BCUT2D eigenvalue weighted by Gasteiger charge is -2.11. The van der Waals surface area contributed by atoms with Gasteiger partial charge in [-0.3, -0.25) is 19.6 Å². The molecule has 69 heavy (non-hydrogen) atoms. The lowest BCUT2D eigenvalue weighted by atomic mass is 10.1. The van der Waals surface area contributed by atoms with Gasteiger partial charge in [-0.2, -0.15) is 8.42 Å². The first-order valence-corrected chi connectivity index (χ1v) is 24.2. The highest BCUT2D eigenvalue weighted by Gasteiger charge is 2.18. The van der Waals surface area contributed by atoms with Gasteiger partial charge in [0.05, 0.1) is 11.4 Å². The van der Waals surface area contributed by atoms with E-state index < -0.39 is 21.8 Å². The quantitative estimate of drug-likeness (QED) is 0.0646. The zero-order valence-corrected chi connectivity index (χ0v) is 39.3. The summed E-state index contributed by atoms with van der Waals surface area (Å²) in [6.07, 6.45) is 6.99. The lowest BCUT2D eigenvalue weighted by molar-refractivity contribution is 0.101. The second kappa shape index (κ2) is 21.6. The van der Waals surface area contributed by atoms with Crippen molar-refractivity contribution in [3.63, 3.8) is 0 Å². The van der Waals surface area contributed by atoms with E-state index in [-0.39, 0.29) is 16.6 Å². The van der Waals surface area contributed by atoms with E-state index in [1.165, 1.54) is 59.1 Å². The molecule has 0 atom stereocenters. The molecule has 0 unspecified atom stereocenters. The van der Waals surface area contributed by atoms with E-state index in [4.69, 9.17) is 9.92 Å². The Morgan fingerprint density at radius 1 is 0.638 bits per heavy atom. The molecule has 4 aromatic heterocycles. The molecule has 0 aliphatic rings. The number of nitrogens with two attached hydrogens (primary N) is 1. The number of hydrogen-bond acceptors (Lipinski definition) is 14. The number of benzene rings is 5. The third-order valence-corrected chi connectivity index (χ3v) is 13.0. The molecule has 0 fully saturated rings. The van der Waals surface area contributed by atoms with Gasteiger partial charge < -0.3 is 31.2 Å². The number of anilines is 6. The SMILES string of the molecule is Cc1ccc(NC(=O)c2ccc(CN)cc2)cc1Nc1nc(-c2cccnc2)cs1.Cc1ccc(NC(=O)c2ccc(OS(=O)(=O)c3cccc(F)c3)cc2)cc1Nc1nc(-c2cccnc2)cs1. The maximum absolute atomic E-state index is 13.4. The fraction of sp³-hybridized carbons (Fsp3) is 0.0588. The van der Waals surface area contributed by atoms with Crippen molar-refractivity contribution in [2.24, 2.45) is 5.73 Å². The van der Waals surface area contributed by atoms with Crippen molar-refractivity contribution < 1.29 is 26.6 Å². The van der Waals surface area contributed by atoms with Gasteiger partial charge in [0.15, 0.2) is 10.3 Å². The Kier molecular flexibility index (Phi) is 14.8. The molecule has 9 rings (SSSR count). The molecular weight excluding hydrogens is 934 g/mol. The van der Waals surface area contributed by atoms with E-state index in [0.29, 0.717) is 34.2 Å². The Balaban J connectivity index is 0.000000192. The summed E-state index contributed by atoms with van der Waals surface area (Å²) in [7, 11) is -4.22. The van der Waals surface area contributed by atoms with Crippen molar-refractivity contribution in [3.05, 3.63) is 203 Å². The smallest absolute Gasteiger partial charge is 0.339 e. The van der Waals surface area contributed by atoms with E-state index in [0.717, 1.165) is 67.8 Å².